The third-order valence-electron chi connectivity index (χ3n) is 6.49. The van der Waals surface area contributed by atoms with Gasteiger partial charge in [-0.1, -0.05) is 62.4 Å². The van der Waals surface area contributed by atoms with Crippen LogP contribution >= 0.6 is 0 Å². The number of hydrogen-bond acceptors (Lipinski definition) is 5. The summed E-state index contributed by atoms with van der Waals surface area (Å²) in [6.45, 7) is 3.86. The van der Waals surface area contributed by atoms with Gasteiger partial charge in [-0.05, 0) is 34.6 Å². The third-order valence-corrected chi connectivity index (χ3v) is 6.49. The lowest BCUT2D eigenvalue weighted by Crippen LogP contribution is -2.52. The molecular formula is C26H30N2O6. The van der Waals surface area contributed by atoms with Crippen molar-refractivity contribution in [3.8, 4) is 11.1 Å². The Morgan fingerprint density at radius 2 is 1.65 bits per heavy atom. The predicted octanol–water partition coefficient (Wildman–Crippen LogP) is 2.99. The van der Waals surface area contributed by atoms with E-state index in [-0.39, 0.29) is 31.4 Å². The molecular weight excluding hydrogens is 436 g/mol. The van der Waals surface area contributed by atoms with Gasteiger partial charge in [-0.2, -0.15) is 0 Å². The third kappa shape index (κ3) is 4.77. The second kappa shape index (κ2) is 9.85. The first-order chi connectivity index (χ1) is 16.3. The van der Waals surface area contributed by atoms with E-state index in [4.69, 9.17) is 4.74 Å². The van der Waals surface area contributed by atoms with Crippen molar-refractivity contribution < 1.29 is 29.3 Å². The topological polar surface area (TPSA) is 116 Å². The van der Waals surface area contributed by atoms with Gasteiger partial charge in [-0.15, -0.1) is 0 Å². The van der Waals surface area contributed by atoms with Crippen LogP contribution in [0, 0.1) is 5.92 Å². The number of carbonyl (C=O) groups is 3. The lowest BCUT2D eigenvalue weighted by atomic mass is 9.98. The Morgan fingerprint density at radius 1 is 1.06 bits per heavy atom. The molecule has 1 fully saturated rings. The number of aliphatic hydroxyl groups is 1. The van der Waals surface area contributed by atoms with E-state index in [1.807, 2.05) is 50.2 Å². The normalized spacial score (nSPS) is 20.1. The van der Waals surface area contributed by atoms with Crippen molar-refractivity contribution in [1.82, 2.24) is 10.2 Å². The number of alkyl carbamates (subject to hydrolysis) is 1. The lowest BCUT2D eigenvalue weighted by Gasteiger charge is -2.28. The van der Waals surface area contributed by atoms with Gasteiger partial charge in [0.2, 0.25) is 5.91 Å². The van der Waals surface area contributed by atoms with Gasteiger partial charge in [0.25, 0.3) is 0 Å². The number of amides is 2. The van der Waals surface area contributed by atoms with Gasteiger partial charge in [0.1, 0.15) is 18.7 Å². The summed E-state index contributed by atoms with van der Waals surface area (Å²) in [5.74, 6) is -1.73. The van der Waals surface area contributed by atoms with E-state index in [0.29, 0.717) is 6.42 Å². The van der Waals surface area contributed by atoms with E-state index in [0.717, 1.165) is 27.2 Å². The fourth-order valence-electron chi connectivity index (χ4n) is 4.97. The Hall–Kier alpha value is -3.39. The summed E-state index contributed by atoms with van der Waals surface area (Å²) in [7, 11) is 0. The van der Waals surface area contributed by atoms with Crippen molar-refractivity contribution in [2.75, 3.05) is 13.2 Å². The lowest BCUT2D eigenvalue weighted by molar-refractivity contribution is -0.149. The number of ether oxygens (including phenoxy) is 1. The van der Waals surface area contributed by atoms with Crippen LogP contribution < -0.4 is 5.32 Å². The van der Waals surface area contributed by atoms with Crippen LogP contribution in [-0.2, 0) is 14.3 Å². The summed E-state index contributed by atoms with van der Waals surface area (Å²) in [5, 5.41) is 22.0. The molecule has 0 bridgehead atoms. The van der Waals surface area contributed by atoms with Crippen LogP contribution in [0.5, 0.6) is 0 Å². The number of aliphatic hydroxyl groups excluding tert-OH is 1. The molecule has 1 saturated heterocycles. The van der Waals surface area contributed by atoms with Crippen molar-refractivity contribution in [3.63, 3.8) is 0 Å². The summed E-state index contributed by atoms with van der Waals surface area (Å²) < 4.78 is 5.57. The molecule has 4 rings (SSSR count). The fourth-order valence-corrected chi connectivity index (χ4v) is 4.97. The van der Waals surface area contributed by atoms with Crippen LogP contribution in [0.1, 0.15) is 43.7 Å². The summed E-state index contributed by atoms with van der Waals surface area (Å²) in [5.41, 5.74) is 4.41. The maximum Gasteiger partial charge on any atom is 0.407 e. The molecule has 2 aromatic rings. The van der Waals surface area contributed by atoms with E-state index in [1.165, 1.54) is 0 Å². The number of likely N-dealkylation sites (tertiary alicyclic amines) is 1. The van der Waals surface area contributed by atoms with Crippen molar-refractivity contribution in [2.24, 2.45) is 5.92 Å². The van der Waals surface area contributed by atoms with Gasteiger partial charge in [0.05, 0.1) is 6.10 Å². The number of β-amino-alcohol motifs (C(OH)–C–C–N with tert-alkyl or cyclic N) is 1. The van der Waals surface area contributed by atoms with Crippen LogP contribution in [0.3, 0.4) is 0 Å². The molecule has 8 heteroatoms. The molecule has 34 heavy (non-hydrogen) atoms. The number of benzene rings is 2. The maximum atomic E-state index is 13.1. The number of rotatable bonds is 7. The van der Waals surface area contributed by atoms with E-state index in [2.05, 4.69) is 17.4 Å². The quantitative estimate of drug-likeness (QED) is 0.578. The van der Waals surface area contributed by atoms with Crippen LogP contribution in [-0.4, -0.2) is 64.4 Å². The number of nitrogens with zero attached hydrogens (tertiary/aromatic N) is 1. The Labute approximate surface area is 198 Å². The minimum atomic E-state index is -1.17. The Morgan fingerprint density at radius 3 is 2.21 bits per heavy atom. The van der Waals surface area contributed by atoms with Crippen molar-refractivity contribution in [3.05, 3.63) is 59.7 Å². The maximum absolute atomic E-state index is 13.1. The van der Waals surface area contributed by atoms with Crippen LogP contribution in [0.2, 0.25) is 0 Å². The molecule has 0 spiro atoms. The highest BCUT2D eigenvalue weighted by molar-refractivity contribution is 5.90. The second-order valence-electron chi connectivity index (χ2n) is 9.39. The fraction of sp³-hybridized carbons (Fsp3) is 0.423. The molecule has 180 valence electrons. The first-order valence-electron chi connectivity index (χ1n) is 11.6. The SMILES string of the molecule is CC(C)C[C@@H](NC(=O)OCC1c2ccccc2-c2ccccc21)C(=O)N1C[C@@H](O)C[C@H]1C(=O)O. The second-order valence-corrected chi connectivity index (χ2v) is 9.39. The summed E-state index contributed by atoms with van der Waals surface area (Å²) in [4.78, 5) is 38.6. The molecule has 3 atom stereocenters. The number of nitrogens with one attached hydrogen (secondary N) is 1. The molecule has 2 aromatic carbocycles. The minimum Gasteiger partial charge on any atom is -0.480 e. The largest absolute Gasteiger partial charge is 0.480 e. The summed E-state index contributed by atoms with van der Waals surface area (Å²) >= 11 is 0. The zero-order chi connectivity index (χ0) is 24.4. The van der Waals surface area contributed by atoms with Crippen LogP contribution in [0.15, 0.2) is 48.5 Å². The predicted molar refractivity (Wildman–Crippen MR) is 125 cm³/mol. The molecule has 3 N–H and O–H groups in total. The Bertz CT molecular complexity index is 1040. The highest BCUT2D eigenvalue weighted by Gasteiger charge is 2.41. The number of hydrogen-bond donors (Lipinski definition) is 3. The highest BCUT2D eigenvalue weighted by atomic mass is 16.5. The zero-order valence-electron chi connectivity index (χ0n) is 19.3. The van der Waals surface area contributed by atoms with Crippen molar-refractivity contribution in [2.45, 2.75) is 50.8 Å². The van der Waals surface area contributed by atoms with Gasteiger partial charge < -0.3 is 25.2 Å². The molecule has 0 saturated carbocycles. The van der Waals surface area contributed by atoms with Gasteiger partial charge in [0, 0.05) is 18.9 Å². The standard InChI is InChI=1S/C26H30N2O6/c1-15(2)11-22(24(30)28-13-16(29)12-23(28)25(31)32)27-26(33)34-14-21-19-9-5-3-7-17(19)18-8-4-6-10-20(18)21/h3-10,15-16,21-23,29H,11-14H2,1-2H3,(H,27,33)(H,31,32)/t16-,22+,23-/m0/s1. The van der Waals surface area contributed by atoms with Gasteiger partial charge >= 0.3 is 12.1 Å². The summed E-state index contributed by atoms with van der Waals surface area (Å²) in [6.07, 6.45) is -1.34. The van der Waals surface area contributed by atoms with Crippen molar-refractivity contribution >= 4 is 18.0 Å². The van der Waals surface area contributed by atoms with Crippen LogP contribution in [0.25, 0.3) is 11.1 Å². The van der Waals surface area contributed by atoms with E-state index in [9.17, 15) is 24.6 Å². The molecule has 1 heterocycles. The first kappa shape index (κ1) is 23.8. The number of carboxylic acids is 1. The molecule has 0 radical (unpaired) electrons. The van der Waals surface area contributed by atoms with E-state index in [1.54, 1.807) is 0 Å². The van der Waals surface area contributed by atoms with E-state index < -0.39 is 36.2 Å². The van der Waals surface area contributed by atoms with Gasteiger partial charge in [0.15, 0.2) is 0 Å². The monoisotopic (exact) mass is 466 g/mol. The van der Waals surface area contributed by atoms with Crippen molar-refractivity contribution in [1.29, 1.82) is 0 Å². The molecule has 1 aliphatic heterocycles. The Kier molecular flexibility index (Phi) is 6.88. The molecule has 0 aromatic heterocycles. The number of carboxylic acid groups (broad SMARTS) is 1. The minimum absolute atomic E-state index is 0.0274. The molecule has 2 amide bonds. The smallest absolute Gasteiger partial charge is 0.407 e. The first-order valence-corrected chi connectivity index (χ1v) is 11.6. The number of fused-ring (bicyclic) bond motifs is 3. The zero-order valence-corrected chi connectivity index (χ0v) is 19.3. The van der Waals surface area contributed by atoms with Crippen LogP contribution in [0.4, 0.5) is 4.79 Å². The Balaban J connectivity index is 1.45. The summed E-state index contributed by atoms with van der Waals surface area (Å²) in [6, 6.07) is 14.0. The van der Waals surface area contributed by atoms with Gasteiger partial charge in [-0.25, -0.2) is 9.59 Å². The molecule has 2 aliphatic rings. The average molecular weight is 467 g/mol. The van der Waals surface area contributed by atoms with E-state index >= 15 is 0 Å². The van der Waals surface area contributed by atoms with Gasteiger partial charge in [-0.3, -0.25) is 4.79 Å². The molecule has 1 aliphatic carbocycles. The molecule has 8 nitrogen and oxygen atoms in total. The molecule has 0 unspecified atom stereocenters. The average Bonchev–Trinajstić information content (AvgIpc) is 3.35. The number of aliphatic carboxylic acids is 1. The number of carbonyl (C=O) groups excluding carboxylic acids is 2. The highest BCUT2D eigenvalue weighted by Crippen LogP contribution is 2.44.